The molecule has 0 bridgehead atoms. The van der Waals surface area contributed by atoms with Crippen molar-refractivity contribution in [1.82, 2.24) is 19.9 Å². The van der Waals surface area contributed by atoms with E-state index in [1.54, 1.807) is 17.5 Å². The van der Waals surface area contributed by atoms with Crippen molar-refractivity contribution in [2.45, 2.75) is 63.8 Å². The summed E-state index contributed by atoms with van der Waals surface area (Å²) in [6.07, 6.45) is 3.15. The molecule has 5 rings (SSSR count). The summed E-state index contributed by atoms with van der Waals surface area (Å²) in [4.78, 5) is 18.6. The highest BCUT2D eigenvalue weighted by Gasteiger charge is 2.41. The molecular weight excluding hydrogens is 428 g/mol. The molecule has 9 nitrogen and oxygen atoms in total. The second-order valence-corrected chi connectivity index (χ2v) is 9.81. The molecule has 0 aliphatic heterocycles. The Bertz CT molecular complexity index is 1130. The van der Waals surface area contributed by atoms with Gasteiger partial charge >= 0.3 is 0 Å². The first-order valence-corrected chi connectivity index (χ1v) is 11.9. The van der Waals surface area contributed by atoms with Crippen molar-refractivity contribution in [1.29, 1.82) is 0 Å². The summed E-state index contributed by atoms with van der Waals surface area (Å²) in [5.74, 6) is 0.973. The predicted octanol–water partition coefficient (Wildman–Crippen LogP) is 2.24. The van der Waals surface area contributed by atoms with Gasteiger partial charge in [-0.2, -0.15) is 4.98 Å². The van der Waals surface area contributed by atoms with Crippen LogP contribution in [-0.2, 0) is 0 Å². The van der Waals surface area contributed by atoms with E-state index in [9.17, 15) is 15.3 Å². The van der Waals surface area contributed by atoms with Crippen LogP contribution >= 0.6 is 11.3 Å². The third kappa shape index (κ3) is 4.03. The number of hydrogen-bond acceptors (Lipinski definition) is 10. The summed E-state index contributed by atoms with van der Waals surface area (Å²) in [6.45, 7) is 3.86. The molecule has 4 atom stereocenters. The van der Waals surface area contributed by atoms with Crippen molar-refractivity contribution in [2.24, 2.45) is 5.92 Å². The average Bonchev–Trinajstić information content (AvgIpc) is 3.40. The molecule has 2 aliphatic carbocycles. The summed E-state index contributed by atoms with van der Waals surface area (Å²) in [5, 5.41) is 37.9. The first kappa shape index (κ1) is 21.4. The van der Waals surface area contributed by atoms with Crippen LogP contribution < -0.4 is 10.6 Å². The number of nitrogens with zero attached hydrogens (tertiary/aromatic N) is 4. The van der Waals surface area contributed by atoms with Gasteiger partial charge < -0.3 is 26.0 Å². The third-order valence-electron chi connectivity index (χ3n) is 6.33. The van der Waals surface area contributed by atoms with Gasteiger partial charge in [0, 0.05) is 18.8 Å². The van der Waals surface area contributed by atoms with Crippen molar-refractivity contribution in [2.75, 3.05) is 17.2 Å². The predicted molar refractivity (Wildman–Crippen MR) is 124 cm³/mol. The summed E-state index contributed by atoms with van der Waals surface area (Å²) < 4.78 is 1.04. The van der Waals surface area contributed by atoms with Crippen LogP contribution in [0.4, 0.5) is 11.8 Å². The molecule has 10 heteroatoms. The topological polar surface area (TPSA) is 136 Å². The normalized spacial score (nSPS) is 25.4. The molecule has 0 aromatic carbocycles. The fraction of sp³-hybridized carbons (Fsp3) is 0.545. The monoisotopic (exact) mass is 456 g/mol. The van der Waals surface area contributed by atoms with Crippen LogP contribution in [0, 0.1) is 19.8 Å². The van der Waals surface area contributed by atoms with E-state index in [4.69, 9.17) is 9.97 Å². The maximum Gasteiger partial charge on any atom is 0.225 e. The molecule has 0 radical (unpaired) electrons. The Labute approximate surface area is 190 Å². The van der Waals surface area contributed by atoms with E-state index in [0.717, 1.165) is 45.0 Å². The number of aryl methyl sites for hydroxylation is 2. The van der Waals surface area contributed by atoms with Gasteiger partial charge in [0.05, 0.1) is 33.8 Å². The minimum Gasteiger partial charge on any atom is -0.396 e. The maximum atomic E-state index is 10.6. The number of aromatic nitrogens is 4. The fourth-order valence-electron chi connectivity index (χ4n) is 4.39. The smallest absolute Gasteiger partial charge is 0.225 e. The van der Waals surface area contributed by atoms with E-state index in [0.29, 0.717) is 30.6 Å². The molecule has 2 aliphatic rings. The van der Waals surface area contributed by atoms with Crippen LogP contribution in [0.2, 0.25) is 0 Å². The Morgan fingerprint density at radius 3 is 2.59 bits per heavy atom. The molecule has 0 spiro atoms. The number of pyridine rings is 1. The Balaban J connectivity index is 1.54. The Kier molecular flexibility index (Phi) is 5.70. The van der Waals surface area contributed by atoms with Gasteiger partial charge in [-0.1, -0.05) is 0 Å². The summed E-state index contributed by atoms with van der Waals surface area (Å²) in [6, 6.07) is 1.96. The maximum absolute atomic E-state index is 10.6. The zero-order valence-electron chi connectivity index (χ0n) is 18.1. The standard InChI is InChI=1S/C22H28N6O3S/c1-10-16(21-27-17-11(2)23-7-5-15(17)32-21)20(28-22(24-10)25-13-3-4-13)26-14-9-12(6-8-29)18(30)19(14)31/h5,7,12-14,18-19,29-31H,3-4,6,8-9H2,1-2H3,(H2,24,25,26,28)/t12-,14?,18+,19-/m0/s1. The highest BCUT2D eigenvalue weighted by Crippen LogP contribution is 2.39. The van der Waals surface area contributed by atoms with Crippen LogP contribution in [0.5, 0.6) is 0 Å². The largest absolute Gasteiger partial charge is 0.396 e. The van der Waals surface area contributed by atoms with Crippen molar-refractivity contribution >= 4 is 33.3 Å². The van der Waals surface area contributed by atoms with E-state index in [1.165, 1.54) is 0 Å². The van der Waals surface area contributed by atoms with Gasteiger partial charge in [0.15, 0.2) is 0 Å². The van der Waals surface area contributed by atoms with Crippen LogP contribution in [0.15, 0.2) is 12.3 Å². The van der Waals surface area contributed by atoms with Crippen LogP contribution in [0.3, 0.4) is 0 Å². The van der Waals surface area contributed by atoms with Gasteiger partial charge in [0.2, 0.25) is 5.95 Å². The lowest BCUT2D eigenvalue weighted by molar-refractivity contribution is 0.0124. The number of aliphatic hydroxyl groups excluding tert-OH is 3. The molecule has 2 fully saturated rings. The molecule has 32 heavy (non-hydrogen) atoms. The fourth-order valence-corrected chi connectivity index (χ4v) is 5.50. The van der Waals surface area contributed by atoms with Crippen LogP contribution in [0.1, 0.15) is 37.1 Å². The van der Waals surface area contributed by atoms with Gasteiger partial charge in [-0.25, -0.2) is 9.97 Å². The molecule has 5 N–H and O–H groups in total. The quantitative estimate of drug-likeness (QED) is 0.362. The zero-order chi connectivity index (χ0) is 22.4. The average molecular weight is 457 g/mol. The lowest BCUT2D eigenvalue weighted by Gasteiger charge is -2.21. The van der Waals surface area contributed by atoms with Gasteiger partial charge in [-0.3, -0.25) is 4.98 Å². The first-order chi connectivity index (χ1) is 15.4. The van der Waals surface area contributed by atoms with E-state index >= 15 is 0 Å². The molecule has 170 valence electrons. The molecule has 2 saturated carbocycles. The number of thiazole rings is 1. The first-order valence-electron chi connectivity index (χ1n) is 11.1. The number of nitrogens with one attached hydrogen (secondary N) is 2. The van der Waals surface area contributed by atoms with Crippen molar-refractivity contribution < 1.29 is 15.3 Å². The summed E-state index contributed by atoms with van der Waals surface area (Å²) >= 11 is 1.56. The van der Waals surface area contributed by atoms with Crippen LogP contribution in [0.25, 0.3) is 20.8 Å². The van der Waals surface area contributed by atoms with Crippen molar-refractivity contribution in [3.05, 3.63) is 23.7 Å². The van der Waals surface area contributed by atoms with Crippen LogP contribution in [-0.4, -0.2) is 66.2 Å². The van der Waals surface area contributed by atoms with Gasteiger partial charge in [0.1, 0.15) is 22.4 Å². The molecule has 3 aromatic rings. The summed E-state index contributed by atoms with van der Waals surface area (Å²) in [7, 11) is 0. The van der Waals surface area contributed by atoms with Gasteiger partial charge in [-0.15, -0.1) is 11.3 Å². The lowest BCUT2D eigenvalue weighted by atomic mass is 10.0. The highest BCUT2D eigenvalue weighted by molar-refractivity contribution is 7.21. The Hall–Kier alpha value is -2.40. The molecule has 0 saturated heterocycles. The van der Waals surface area contributed by atoms with E-state index in [1.807, 2.05) is 19.9 Å². The zero-order valence-corrected chi connectivity index (χ0v) is 18.9. The SMILES string of the molecule is Cc1nc(NC2CC2)nc(NC2C[C@H](CCO)[C@@H](O)[C@H]2O)c1-c1nc2c(C)nccc2s1. The molecule has 0 amide bonds. The molecule has 3 aromatic heterocycles. The minimum atomic E-state index is -0.948. The van der Waals surface area contributed by atoms with Gasteiger partial charge in [0.25, 0.3) is 0 Å². The van der Waals surface area contributed by atoms with Crippen molar-refractivity contribution in [3.8, 4) is 10.6 Å². The number of anilines is 2. The third-order valence-corrected chi connectivity index (χ3v) is 7.37. The Morgan fingerprint density at radius 1 is 1.06 bits per heavy atom. The Morgan fingerprint density at radius 2 is 1.88 bits per heavy atom. The number of aliphatic hydroxyl groups is 3. The number of fused-ring (bicyclic) bond motifs is 1. The van der Waals surface area contributed by atoms with E-state index < -0.39 is 12.2 Å². The molecule has 1 unspecified atom stereocenters. The van der Waals surface area contributed by atoms with Gasteiger partial charge in [-0.05, 0) is 51.5 Å². The second-order valence-electron chi connectivity index (χ2n) is 8.78. The number of hydrogen-bond donors (Lipinski definition) is 5. The molecular formula is C22H28N6O3S. The number of rotatable bonds is 7. The molecule has 3 heterocycles. The van der Waals surface area contributed by atoms with E-state index in [2.05, 4.69) is 20.6 Å². The minimum absolute atomic E-state index is 0.0203. The highest BCUT2D eigenvalue weighted by atomic mass is 32.1. The van der Waals surface area contributed by atoms with Crippen molar-refractivity contribution in [3.63, 3.8) is 0 Å². The van der Waals surface area contributed by atoms with E-state index in [-0.39, 0.29) is 18.6 Å². The lowest BCUT2D eigenvalue weighted by Crippen LogP contribution is -2.35. The second kappa shape index (κ2) is 8.51. The summed E-state index contributed by atoms with van der Waals surface area (Å²) in [5.41, 5.74) is 3.30.